The minimum absolute atomic E-state index is 0.0194. The summed E-state index contributed by atoms with van der Waals surface area (Å²) in [4.78, 5) is 48.2. The summed E-state index contributed by atoms with van der Waals surface area (Å²) in [5.41, 5.74) is 2.28. The Morgan fingerprint density at radius 3 is 2.21 bits per heavy atom. The van der Waals surface area contributed by atoms with Gasteiger partial charge < -0.3 is 30.6 Å². The van der Waals surface area contributed by atoms with Crippen LogP contribution < -0.4 is 10.6 Å². The Morgan fingerprint density at radius 1 is 0.946 bits per heavy atom. The van der Waals surface area contributed by atoms with Crippen LogP contribution in [-0.2, 0) is 39.0 Å². The second-order valence-electron chi connectivity index (χ2n) is 14.9. The lowest BCUT2D eigenvalue weighted by molar-refractivity contribution is -0.128. The molecule has 3 atom stereocenters. The van der Waals surface area contributed by atoms with Crippen LogP contribution in [0.1, 0.15) is 49.5 Å². The summed E-state index contributed by atoms with van der Waals surface area (Å²) in [7, 11) is -4.31. The molecule has 0 spiro atoms. The molecule has 4 aromatic rings. The zero-order chi connectivity index (χ0) is 40.6. The molecule has 0 radical (unpaired) electrons. The van der Waals surface area contributed by atoms with Gasteiger partial charge in [-0.3, -0.25) is 9.59 Å². The van der Waals surface area contributed by atoms with E-state index in [9.17, 15) is 33.0 Å². The molecular weight excluding hydrogens is 753 g/mol. The van der Waals surface area contributed by atoms with Crippen molar-refractivity contribution in [1.29, 1.82) is 0 Å². The van der Waals surface area contributed by atoms with Crippen molar-refractivity contribution in [3.8, 4) is 5.75 Å². The molecule has 1 saturated heterocycles. The predicted octanol–water partition coefficient (Wildman–Crippen LogP) is 5.04. The van der Waals surface area contributed by atoms with Crippen molar-refractivity contribution < 1.29 is 33.0 Å². The number of sulfonamides is 1. The van der Waals surface area contributed by atoms with Gasteiger partial charge in [0.05, 0.1) is 46.4 Å². The van der Waals surface area contributed by atoms with E-state index in [2.05, 4.69) is 15.6 Å². The van der Waals surface area contributed by atoms with Gasteiger partial charge in [0.15, 0.2) is 0 Å². The number of aryl methyl sites for hydroxylation is 1. The third-order valence-corrected chi connectivity index (χ3v) is 12.2. The number of nitrogens with zero attached hydrogens (tertiary/aromatic N) is 4. The molecule has 0 aliphatic carbocycles. The normalized spacial score (nSPS) is 15.1. The number of phenols is 1. The molecule has 1 unspecified atom stereocenters. The number of hydrogen-bond acceptors (Lipinski definition) is 9. The Bertz CT molecular complexity index is 2060. The first kappa shape index (κ1) is 42.3. The molecule has 300 valence electrons. The van der Waals surface area contributed by atoms with Gasteiger partial charge in [0.25, 0.3) is 0 Å². The number of benzene rings is 3. The fraction of sp³-hybridized carbons (Fsp3) is 0.415. The Morgan fingerprint density at radius 2 is 1.61 bits per heavy atom. The van der Waals surface area contributed by atoms with E-state index in [0.29, 0.717) is 19.6 Å². The van der Waals surface area contributed by atoms with Crippen LogP contribution in [0.2, 0.25) is 0 Å². The van der Waals surface area contributed by atoms with E-state index in [1.807, 2.05) is 76.4 Å². The molecule has 1 aliphatic heterocycles. The van der Waals surface area contributed by atoms with E-state index < -0.39 is 40.0 Å². The highest BCUT2D eigenvalue weighted by Gasteiger charge is 2.40. The molecule has 5 rings (SSSR count). The van der Waals surface area contributed by atoms with Gasteiger partial charge in [0, 0.05) is 31.6 Å². The van der Waals surface area contributed by atoms with Crippen molar-refractivity contribution >= 4 is 44.9 Å². The maximum absolute atomic E-state index is 14.3. The number of hydrogen-bond donors (Lipinski definition) is 4. The van der Waals surface area contributed by atoms with Gasteiger partial charge in [0.1, 0.15) is 11.8 Å². The van der Waals surface area contributed by atoms with Gasteiger partial charge in [-0.1, -0.05) is 88.4 Å². The first-order valence-corrected chi connectivity index (χ1v) is 21.1. The summed E-state index contributed by atoms with van der Waals surface area (Å²) in [5, 5.41) is 30.9. The third kappa shape index (κ3) is 10.9. The summed E-state index contributed by atoms with van der Waals surface area (Å²) >= 11 is 1.51. The SMILES string of the molecule is Cc1nc(CN2CCN(C(C(=O)N[C@@H](Cc3ccccc3)[C@H](O)CN(CC(C)C)S(=O)(=O)c3ccc(O)c(NC(=O)Cc4ccccc4)c3)C(C)C)C2=O)cs1. The van der Waals surface area contributed by atoms with E-state index in [1.54, 1.807) is 34.1 Å². The Labute approximate surface area is 333 Å². The first-order chi connectivity index (χ1) is 26.6. The number of carbonyl (C=O) groups excluding carboxylic acids is 3. The minimum Gasteiger partial charge on any atom is -0.506 e. The molecule has 3 aromatic carbocycles. The number of phenolic OH excluding ortho intramolecular Hbond substituents is 1. The zero-order valence-corrected chi connectivity index (χ0v) is 34.1. The average Bonchev–Trinajstić information content (AvgIpc) is 3.72. The standard InChI is InChI=1S/C41H52N6O7S2/c1-27(2)23-46(56(53,54)33-16-17-36(48)35(22-33)43-38(50)21-31-14-10-7-11-15-31)25-37(49)34(20-30-12-8-6-9-13-30)44-40(51)39(28(3)4)47-19-18-45(41(47)52)24-32-26-55-29(5)42-32/h6-17,22,26-28,34,37,39,48-49H,18-21,23-25H2,1-5H3,(H,43,50)(H,44,51)/t34-,37+,39?/m0/s1. The lowest BCUT2D eigenvalue weighted by Gasteiger charge is -2.34. The largest absolute Gasteiger partial charge is 0.506 e. The van der Waals surface area contributed by atoms with Crippen molar-refractivity contribution in [2.24, 2.45) is 11.8 Å². The van der Waals surface area contributed by atoms with Gasteiger partial charge >= 0.3 is 6.03 Å². The first-order valence-electron chi connectivity index (χ1n) is 18.8. The number of urea groups is 1. The van der Waals surface area contributed by atoms with Crippen LogP contribution in [0.25, 0.3) is 0 Å². The van der Waals surface area contributed by atoms with Crippen LogP contribution >= 0.6 is 11.3 Å². The van der Waals surface area contributed by atoms with Crippen LogP contribution in [0.4, 0.5) is 10.5 Å². The van der Waals surface area contributed by atoms with Crippen molar-refractivity contribution in [2.45, 2.75) is 77.1 Å². The van der Waals surface area contributed by atoms with Crippen LogP contribution in [0, 0.1) is 18.8 Å². The van der Waals surface area contributed by atoms with Crippen molar-refractivity contribution in [3.63, 3.8) is 0 Å². The number of aromatic nitrogens is 1. The summed E-state index contributed by atoms with van der Waals surface area (Å²) in [6.45, 7) is 10.1. The molecule has 13 nitrogen and oxygen atoms in total. The minimum atomic E-state index is -4.31. The number of rotatable bonds is 18. The van der Waals surface area contributed by atoms with E-state index >= 15 is 0 Å². The molecule has 2 heterocycles. The number of aliphatic hydroxyl groups excluding tert-OH is 1. The van der Waals surface area contributed by atoms with Crippen LogP contribution in [0.3, 0.4) is 0 Å². The number of aromatic hydroxyl groups is 1. The van der Waals surface area contributed by atoms with E-state index in [0.717, 1.165) is 26.1 Å². The van der Waals surface area contributed by atoms with Gasteiger partial charge in [-0.25, -0.2) is 18.2 Å². The van der Waals surface area contributed by atoms with Crippen molar-refractivity contribution in [3.05, 3.63) is 106 Å². The summed E-state index contributed by atoms with van der Waals surface area (Å²) < 4.78 is 29.8. The highest BCUT2D eigenvalue weighted by atomic mass is 32.2. The second-order valence-corrected chi connectivity index (χ2v) is 17.9. The maximum Gasteiger partial charge on any atom is 0.321 e. The van der Waals surface area contributed by atoms with Gasteiger partial charge in [-0.15, -0.1) is 11.3 Å². The lowest BCUT2D eigenvalue weighted by atomic mass is 9.97. The monoisotopic (exact) mass is 804 g/mol. The fourth-order valence-electron chi connectivity index (χ4n) is 6.82. The predicted molar refractivity (Wildman–Crippen MR) is 217 cm³/mol. The second kappa shape index (κ2) is 18.9. The van der Waals surface area contributed by atoms with E-state index in [-0.39, 0.29) is 60.1 Å². The van der Waals surface area contributed by atoms with Crippen LogP contribution in [0.5, 0.6) is 5.75 Å². The lowest BCUT2D eigenvalue weighted by Crippen LogP contribution is -2.57. The third-order valence-electron chi connectivity index (χ3n) is 9.52. The van der Waals surface area contributed by atoms with Crippen molar-refractivity contribution in [1.82, 2.24) is 24.4 Å². The van der Waals surface area contributed by atoms with Crippen LogP contribution in [0.15, 0.2) is 89.1 Å². The number of carbonyl (C=O) groups is 3. The molecular formula is C41H52N6O7S2. The van der Waals surface area contributed by atoms with Crippen LogP contribution in [-0.4, -0.2) is 99.9 Å². The smallest absolute Gasteiger partial charge is 0.321 e. The topological polar surface area (TPSA) is 172 Å². The summed E-state index contributed by atoms with van der Waals surface area (Å²) in [5.74, 6) is -1.61. The molecule has 1 fully saturated rings. The Hall–Kier alpha value is -4.83. The van der Waals surface area contributed by atoms with Gasteiger partial charge in [0.2, 0.25) is 21.8 Å². The average molecular weight is 805 g/mol. The molecule has 4 amide bonds. The number of anilines is 1. The summed E-state index contributed by atoms with van der Waals surface area (Å²) in [6.07, 6.45) is -1.17. The highest BCUT2D eigenvalue weighted by molar-refractivity contribution is 7.89. The fourth-order valence-corrected chi connectivity index (χ4v) is 9.07. The molecule has 56 heavy (non-hydrogen) atoms. The highest BCUT2D eigenvalue weighted by Crippen LogP contribution is 2.29. The quantitative estimate of drug-likeness (QED) is 0.101. The van der Waals surface area contributed by atoms with E-state index in [1.165, 1.54) is 29.5 Å². The van der Waals surface area contributed by atoms with E-state index in [4.69, 9.17) is 0 Å². The number of aliphatic hydroxyl groups is 1. The molecule has 0 saturated carbocycles. The molecule has 0 bridgehead atoms. The number of thiazole rings is 1. The van der Waals surface area contributed by atoms with Gasteiger partial charge in [-0.2, -0.15) is 4.31 Å². The van der Waals surface area contributed by atoms with Crippen molar-refractivity contribution in [2.75, 3.05) is 31.5 Å². The number of amides is 4. The Kier molecular flexibility index (Phi) is 14.3. The molecule has 1 aliphatic rings. The molecule has 15 heteroatoms. The zero-order valence-electron chi connectivity index (χ0n) is 32.5. The molecule has 1 aromatic heterocycles. The van der Waals surface area contributed by atoms with Gasteiger partial charge in [-0.05, 0) is 54.5 Å². The summed E-state index contributed by atoms with van der Waals surface area (Å²) in [6, 6.07) is 19.9. The maximum atomic E-state index is 14.3. The Balaban J connectivity index is 1.36. The molecule has 4 N–H and O–H groups in total. The number of nitrogens with one attached hydrogen (secondary N) is 2.